The molecule has 0 atom stereocenters. The smallest absolute Gasteiger partial charge is 0.126 e. The van der Waals surface area contributed by atoms with E-state index in [1.165, 1.54) is 12.8 Å². The Bertz CT molecular complexity index is 375. The van der Waals surface area contributed by atoms with Gasteiger partial charge in [-0.3, -0.25) is 0 Å². The van der Waals surface area contributed by atoms with Crippen LogP contribution in [-0.4, -0.2) is 16.4 Å². The van der Waals surface area contributed by atoms with Gasteiger partial charge in [0.2, 0.25) is 0 Å². The predicted molar refractivity (Wildman–Crippen MR) is 72.2 cm³/mol. The van der Waals surface area contributed by atoms with Crippen LogP contribution in [0.5, 0.6) is 0 Å². The first kappa shape index (κ1) is 12.2. The molecule has 0 aliphatic heterocycles. The quantitative estimate of drug-likeness (QED) is 0.850. The van der Waals surface area contributed by atoms with Crippen molar-refractivity contribution < 1.29 is 0 Å². The third-order valence-electron chi connectivity index (χ3n) is 3.23. The molecule has 1 saturated carbocycles. The van der Waals surface area contributed by atoms with Gasteiger partial charge in [0, 0.05) is 10.4 Å². The van der Waals surface area contributed by atoms with Gasteiger partial charge in [-0.2, -0.15) is 0 Å². The van der Waals surface area contributed by atoms with Crippen LogP contribution >= 0.6 is 27.5 Å². The van der Waals surface area contributed by atoms with Crippen LogP contribution in [0.2, 0.25) is 0 Å². The van der Waals surface area contributed by atoms with E-state index in [0.29, 0.717) is 5.88 Å². The third kappa shape index (κ3) is 2.51. The Labute approximate surface area is 110 Å². The number of aromatic nitrogens is 1. The van der Waals surface area contributed by atoms with Crippen molar-refractivity contribution in [1.29, 1.82) is 0 Å². The fourth-order valence-corrected chi connectivity index (χ4v) is 2.78. The monoisotopic (exact) mass is 302 g/mol. The molecule has 1 aromatic rings. The van der Waals surface area contributed by atoms with Crippen LogP contribution in [0.3, 0.4) is 0 Å². The normalized spacial score (nSPS) is 18.7. The number of anilines is 1. The van der Waals surface area contributed by atoms with E-state index < -0.39 is 0 Å². The molecule has 2 rings (SSSR count). The summed E-state index contributed by atoms with van der Waals surface area (Å²) in [7, 11) is 0. The molecule has 0 saturated heterocycles. The van der Waals surface area contributed by atoms with Gasteiger partial charge >= 0.3 is 0 Å². The van der Waals surface area contributed by atoms with Gasteiger partial charge in [-0.15, -0.1) is 11.6 Å². The van der Waals surface area contributed by atoms with Crippen LogP contribution in [0.4, 0.5) is 5.82 Å². The van der Waals surface area contributed by atoms with Gasteiger partial charge in [0.15, 0.2) is 0 Å². The van der Waals surface area contributed by atoms with E-state index in [0.717, 1.165) is 28.8 Å². The summed E-state index contributed by atoms with van der Waals surface area (Å²) in [6.07, 6.45) is 4.81. The van der Waals surface area contributed by atoms with Crippen molar-refractivity contribution in [3.05, 3.63) is 22.3 Å². The molecule has 4 heteroatoms. The van der Waals surface area contributed by atoms with Crippen LogP contribution in [-0.2, 0) is 0 Å². The summed E-state index contributed by atoms with van der Waals surface area (Å²) in [4.78, 5) is 4.51. The van der Waals surface area contributed by atoms with Crippen molar-refractivity contribution in [2.75, 3.05) is 11.2 Å². The molecule has 2 nitrogen and oxygen atoms in total. The van der Waals surface area contributed by atoms with Gasteiger partial charge in [0.25, 0.3) is 0 Å². The summed E-state index contributed by atoms with van der Waals surface area (Å²) in [5.74, 6) is 1.59. The van der Waals surface area contributed by atoms with Crippen LogP contribution in [0.15, 0.2) is 16.6 Å². The first-order chi connectivity index (χ1) is 7.65. The fraction of sp³-hybridized carbons (Fsp3) is 0.583. The van der Waals surface area contributed by atoms with Crippen LogP contribution < -0.4 is 5.32 Å². The van der Waals surface area contributed by atoms with E-state index in [2.05, 4.69) is 26.2 Å². The van der Waals surface area contributed by atoms with E-state index in [1.54, 1.807) is 0 Å². The molecule has 16 heavy (non-hydrogen) atoms. The number of hydrogen-bond donors (Lipinski definition) is 1. The van der Waals surface area contributed by atoms with E-state index in [4.69, 9.17) is 11.6 Å². The second kappa shape index (κ2) is 4.92. The maximum atomic E-state index is 6.09. The van der Waals surface area contributed by atoms with E-state index in [9.17, 15) is 0 Å². The topological polar surface area (TPSA) is 24.9 Å². The third-order valence-corrected chi connectivity index (χ3v) is 4.58. The van der Waals surface area contributed by atoms with Gasteiger partial charge in [-0.25, -0.2) is 4.98 Å². The van der Waals surface area contributed by atoms with E-state index >= 15 is 0 Å². The molecule has 0 radical (unpaired) electrons. The summed E-state index contributed by atoms with van der Waals surface area (Å²) in [5.41, 5.74) is 1.07. The second-order valence-electron chi connectivity index (χ2n) is 4.51. The molecule has 88 valence electrons. The second-order valence-corrected chi connectivity index (χ2v) is 5.63. The molecule has 0 bridgehead atoms. The Morgan fingerprint density at radius 3 is 2.69 bits per heavy atom. The van der Waals surface area contributed by atoms with Gasteiger partial charge in [0.1, 0.15) is 5.82 Å². The molecule has 0 unspecified atom stereocenters. The lowest BCUT2D eigenvalue weighted by molar-refractivity contribution is 0.537. The van der Waals surface area contributed by atoms with Gasteiger partial charge < -0.3 is 5.32 Å². The number of aryl methyl sites for hydroxylation is 1. The SMILES string of the molecule is Cc1nc(NC2(CCl)CCCC2)ccc1Br. The zero-order valence-corrected chi connectivity index (χ0v) is 11.7. The lowest BCUT2D eigenvalue weighted by Gasteiger charge is -2.28. The van der Waals surface area contributed by atoms with Gasteiger partial charge in [0.05, 0.1) is 11.2 Å². The van der Waals surface area contributed by atoms with Crippen LogP contribution in [0.25, 0.3) is 0 Å². The molecule has 1 fully saturated rings. The summed E-state index contributed by atoms with van der Waals surface area (Å²) < 4.78 is 1.05. The average molecular weight is 304 g/mol. The number of nitrogens with zero attached hydrogens (tertiary/aromatic N) is 1. The molecule has 1 heterocycles. The number of pyridine rings is 1. The summed E-state index contributed by atoms with van der Waals surface area (Å²) in [6.45, 7) is 2.00. The number of hydrogen-bond acceptors (Lipinski definition) is 2. The number of halogens is 2. The van der Waals surface area contributed by atoms with Gasteiger partial charge in [-0.05, 0) is 47.8 Å². The highest BCUT2D eigenvalue weighted by atomic mass is 79.9. The maximum Gasteiger partial charge on any atom is 0.126 e. The highest BCUT2D eigenvalue weighted by Gasteiger charge is 2.33. The van der Waals surface area contributed by atoms with Crippen molar-refractivity contribution in [3.8, 4) is 0 Å². The first-order valence-electron chi connectivity index (χ1n) is 5.62. The molecule has 1 aliphatic carbocycles. The molecule has 0 aromatic carbocycles. The summed E-state index contributed by atoms with van der Waals surface area (Å²) in [5, 5.41) is 3.51. The average Bonchev–Trinajstić information content (AvgIpc) is 2.73. The molecule has 0 amide bonds. The fourth-order valence-electron chi connectivity index (χ4n) is 2.23. The molecular weight excluding hydrogens is 288 g/mol. The molecular formula is C12H16BrClN2. The Morgan fingerprint density at radius 2 is 2.12 bits per heavy atom. The van der Waals surface area contributed by atoms with Gasteiger partial charge in [-0.1, -0.05) is 12.8 Å². The minimum atomic E-state index is 0.0643. The minimum absolute atomic E-state index is 0.0643. The Balaban J connectivity index is 2.16. The van der Waals surface area contributed by atoms with Crippen LogP contribution in [0, 0.1) is 6.92 Å². The van der Waals surface area contributed by atoms with Crippen molar-refractivity contribution in [2.45, 2.75) is 38.1 Å². The molecule has 1 N–H and O–H groups in total. The van der Waals surface area contributed by atoms with Crippen molar-refractivity contribution in [1.82, 2.24) is 4.98 Å². The van der Waals surface area contributed by atoms with Crippen molar-refractivity contribution in [2.24, 2.45) is 0 Å². The zero-order valence-electron chi connectivity index (χ0n) is 9.39. The number of rotatable bonds is 3. The number of nitrogens with one attached hydrogen (secondary N) is 1. The molecule has 0 spiro atoms. The zero-order chi connectivity index (χ0) is 11.6. The summed E-state index contributed by atoms with van der Waals surface area (Å²) >= 11 is 9.54. The highest BCUT2D eigenvalue weighted by Crippen LogP contribution is 2.34. The molecule has 1 aromatic heterocycles. The Morgan fingerprint density at radius 1 is 1.44 bits per heavy atom. The summed E-state index contributed by atoms with van der Waals surface area (Å²) in [6, 6.07) is 4.03. The Kier molecular flexibility index (Phi) is 3.75. The standard InChI is InChI=1S/C12H16BrClN2/c1-9-10(13)4-5-11(15-9)16-12(8-14)6-2-3-7-12/h4-5H,2-3,6-8H2,1H3,(H,15,16). The largest absolute Gasteiger partial charge is 0.363 e. The van der Waals surface area contributed by atoms with Crippen molar-refractivity contribution >= 4 is 33.3 Å². The lowest BCUT2D eigenvalue weighted by atomic mass is 10.0. The minimum Gasteiger partial charge on any atom is -0.363 e. The predicted octanol–water partition coefficient (Wildman–Crippen LogP) is 4.12. The van der Waals surface area contributed by atoms with Crippen LogP contribution in [0.1, 0.15) is 31.4 Å². The number of alkyl halides is 1. The van der Waals surface area contributed by atoms with E-state index in [1.807, 2.05) is 19.1 Å². The first-order valence-corrected chi connectivity index (χ1v) is 6.95. The molecule has 1 aliphatic rings. The van der Waals surface area contributed by atoms with E-state index in [-0.39, 0.29) is 5.54 Å². The maximum absolute atomic E-state index is 6.09. The van der Waals surface area contributed by atoms with Crippen molar-refractivity contribution in [3.63, 3.8) is 0 Å². The lowest BCUT2D eigenvalue weighted by Crippen LogP contribution is -2.37. The Hall–Kier alpha value is -0.280. The highest BCUT2D eigenvalue weighted by molar-refractivity contribution is 9.10.